The highest BCUT2D eigenvalue weighted by molar-refractivity contribution is 5.88. The largest absolute Gasteiger partial charge is 0.355 e. The van der Waals surface area contributed by atoms with E-state index >= 15 is 0 Å². The van der Waals surface area contributed by atoms with Crippen LogP contribution < -0.4 is 5.32 Å². The summed E-state index contributed by atoms with van der Waals surface area (Å²) >= 11 is 0. The number of nitrogens with zero attached hydrogens (tertiary/aromatic N) is 3. The molecule has 0 saturated carbocycles. The van der Waals surface area contributed by atoms with Gasteiger partial charge in [-0.25, -0.2) is 0 Å². The first-order valence-electron chi connectivity index (χ1n) is 13.4. The SMILES string of the molecule is O=C(CC(c1ccccc1)c1cn(Cc2ccccc2)c2ccc([N+](=O)[O-])cc12)NCCN1CCCCC1. The molecule has 1 fully saturated rings. The number of nitro groups is 1. The lowest BCUT2D eigenvalue weighted by atomic mass is 9.88. The number of benzene rings is 3. The van der Waals surface area contributed by atoms with Crippen LogP contribution in [0.3, 0.4) is 0 Å². The fraction of sp³-hybridized carbons (Fsp3) is 0.323. The number of fused-ring (bicyclic) bond motifs is 1. The Balaban J connectivity index is 1.46. The summed E-state index contributed by atoms with van der Waals surface area (Å²) in [7, 11) is 0. The van der Waals surface area contributed by atoms with Crippen LogP contribution >= 0.6 is 0 Å². The van der Waals surface area contributed by atoms with E-state index in [9.17, 15) is 14.9 Å². The van der Waals surface area contributed by atoms with Crippen molar-refractivity contribution in [2.24, 2.45) is 0 Å². The molecule has 0 radical (unpaired) electrons. The minimum atomic E-state index is -0.359. The highest BCUT2D eigenvalue weighted by Crippen LogP contribution is 2.36. The molecule has 2 heterocycles. The van der Waals surface area contributed by atoms with Crippen molar-refractivity contribution in [2.75, 3.05) is 26.2 Å². The van der Waals surface area contributed by atoms with Gasteiger partial charge in [-0.1, -0.05) is 67.1 Å². The number of hydrogen-bond acceptors (Lipinski definition) is 4. The lowest BCUT2D eigenvalue weighted by Gasteiger charge is -2.26. The normalized spacial score (nSPS) is 14.8. The molecule has 0 aliphatic carbocycles. The second-order valence-corrected chi connectivity index (χ2v) is 10.1. The summed E-state index contributed by atoms with van der Waals surface area (Å²) in [6, 6.07) is 25.1. The van der Waals surface area contributed by atoms with Gasteiger partial charge < -0.3 is 14.8 Å². The van der Waals surface area contributed by atoms with Gasteiger partial charge in [-0.2, -0.15) is 0 Å². The van der Waals surface area contributed by atoms with Gasteiger partial charge in [0.05, 0.1) is 4.92 Å². The quantitative estimate of drug-likeness (QED) is 0.219. The van der Waals surface area contributed by atoms with E-state index in [-0.39, 0.29) is 28.9 Å². The standard InChI is InChI=1S/C31H34N4O3/c36-31(32-16-19-33-17-8-3-9-18-33)21-27(25-12-6-2-7-13-25)29-23-34(22-24-10-4-1-5-11-24)30-15-14-26(35(37)38)20-28(29)30/h1-2,4-7,10-15,20,23,27H,3,8-9,16-19,21-22H2,(H,32,36). The first-order valence-corrected chi connectivity index (χ1v) is 13.4. The lowest BCUT2D eigenvalue weighted by molar-refractivity contribution is -0.384. The van der Waals surface area contributed by atoms with Gasteiger partial charge in [0.1, 0.15) is 0 Å². The molecular weight excluding hydrogens is 476 g/mol. The molecule has 0 bridgehead atoms. The lowest BCUT2D eigenvalue weighted by Crippen LogP contribution is -2.38. The van der Waals surface area contributed by atoms with Crippen LogP contribution in [0.4, 0.5) is 5.69 Å². The Labute approximate surface area is 223 Å². The molecule has 196 valence electrons. The molecule has 4 aromatic rings. The van der Waals surface area contributed by atoms with Gasteiger partial charge in [-0.3, -0.25) is 14.9 Å². The fourth-order valence-corrected chi connectivity index (χ4v) is 5.50. The highest BCUT2D eigenvalue weighted by Gasteiger charge is 2.24. The Hall–Kier alpha value is -3.97. The van der Waals surface area contributed by atoms with Crippen LogP contribution in [0, 0.1) is 10.1 Å². The Bertz CT molecular complexity index is 1380. The third-order valence-corrected chi connectivity index (χ3v) is 7.47. The summed E-state index contributed by atoms with van der Waals surface area (Å²) in [5, 5.41) is 15.6. The molecule has 1 aliphatic heterocycles. The Morgan fingerprint density at radius 2 is 1.66 bits per heavy atom. The van der Waals surface area contributed by atoms with E-state index in [0.29, 0.717) is 13.1 Å². The summed E-state index contributed by atoms with van der Waals surface area (Å²) in [6.07, 6.45) is 6.08. The number of carbonyl (C=O) groups is 1. The second kappa shape index (κ2) is 12.0. The first-order chi connectivity index (χ1) is 18.6. The Kier molecular flexibility index (Phi) is 8.14. The summed E-state index contributed by atoms with van der Waals surface area (Å²) in [6.45, 7) is 4.33. The maximum Gasteiger partial charge on any atom is 0.270 e. The number of piperidine rings is 1. The third kappa shape index (κ3) is 6.11. The van der Waals surface area contributed by atoms with Crippen LogP contribution in [0.25, 0.3) is 10.9 Å². The topological polar surface area (TPSA) is 80.4 Å². The van der Waals surface area contributed by atoms with Crippen molar-refractivity contribution in [2.45, 2.75) is 38.1 Å². The Morgan fingerprint density at radius 3 is 2.37 bits per heavy atom. The van der Waals surface area contributed by atoms with Crippen LogP contribution in [-0.2, 0) is 11.3 Å². The zero-order valence-corrected chi connectivity index (χ0v) is 21.6. The average Bonchev–Trinajstić information content (AvgIpc) is 3.30. The van der Waals surface area contributed by atoms with Crippen molar-refractivity contribution in [1.29, 1.82) is 0 Å². The number of aromatic nitrogens is 1. The second-order valence-electron chi connectivity index (χ2n) is 10.1. The number of carbonyl (C=O) groups excluding carboxylic acids is 1. The molecule has 1 amide bonds. The minimum absolute atomic E-state index is 0.00903. The molecule has 0 spiro atoms. The molecule has 1 aliphatic rings. The molecule has 1 aromatic heterocycles. The number of likely N-dealkylation sites (tertiary alicyclic amines) is 1. The van der Waals surface area contributed by atoms with Crippen LogP contribution in [-0.4, -0.2) is 46.5 Å². The van der Waals surface area contributed by atoms with Crippen LogP contribution in [0.1, 0.15) is 48.3 Å². The highest BCUT2D eigenvalue weighted by atomic mass is 16.6. The summed E-state index contributed by atoms with van der Waals surface area (Å²) < 4.78 is 2.13. The monoisotopic (exact) mass is 510 g/mol. The van der Waals surface area contributed by atoms with Crippen molar-refractivity contribution in [1.82, 2.24) is 14.8 Å². The van der Waals surface area contributed by atoms with E-state index in [2.05, 4.69) is 33.1 Å². The molecule has 7 nitrogen and oxygen atoms in total. The number of amides is 1. The van der Waals surface area contributed by atoms with Gasteiger partial charge in [0.15, 0.2) is 0 Å². The van der Waals surface area contributed by atoms with Gasteiger partial charge >= 0.3 is 0 Å². The maximum absolute atomic E-state index is 13.2. The van der Waals surface area contributed by atoms with E-state index in [1.54, 1.807) is 12.1 Å². The first kappa shape index (κ1) is 25.7. The van der Waals surface area contributed by atoms with Crippen LogP contribution in [0.2, 0.25) is 0 Å². The Morgan fingerprint density at radius 1 is 0.947 bits per heavy atom. The van der Waals surface area contributed by atoms with Crippen LogP contribution in [0.5, 0.6) is 0 Å². The van der Waals surface area contributed by atoms with E-state index in [4.69, 9.17) is 0 Å². The average molecular weight is 511 g/mol. The van der Waals surface area contributed by atoms with E-state index in [1.807, 2.05) is 54.6 Å². The van der Waals surface area contributed by atoms with E-state index in [0.717, 1.165) is 47.2 Å². The summed E-state index contributed by atoms with van der Waals surface area (Å²) in [5.41, 5.74) is 4.05. The maximum atomic E-state index is 13.2. The number of non-ortho nitro benzene ring substituents is 1. The van der Waals surface area contributed by atoms with Crippen molar-refractivity contribution < 1.29 is 9.72 Å². The van der Waals surface area contributed by atoms with Crippen molar-refractivity contribution >= 4 is 22.5 Å². The number of hydrogen-bond donors (Lipinski definition) is 1. The molecule has 5 rings (SSSR count). The molecule has 1 saturated heterocycles. The van der Waals surface area contributed by atoms with E-state index in [1.165, 1.54) is 19.3 Å². The van der Waals surface area contributed by atoms with Gasteiger partial charge in [-0.15, -0.1) is 0 Å². The third-order valence-electron chi connectivity index (χ3n) is 7.47. The number of nitrogens with one attached hydrogen (secondary N) is 1. The van der Waals surface area contributed by atoms with E-state index < -0.39 is 0 Å². The van der Waals surface area contributed by atoms with Gasteiger partial charge in [0.25, 0.3) is 5.69 Å². The molecule has 38 heavy (non-hydrogen) atoms. The van der Waals surface area contributed by atoms with Crippen LogP contribution in [0.15, 0.2) is 85.1 Å². The molecule has 1 atom stereocenters. The molecular formula is C31H34N4O3. The number of nitro benzene ring substituents is 1. The smallest absolute Gasteiger partial charge is 0.270 e. The zero-order chi connectivity index (χ0) is 26.3. The van der Waals surface area contributed by atoms with Gasteiger partial charge in [-0.05, 0) is 48.7 Å². The predicted octanol–water partition coefficient (Wildman–Crippen LogP) is 5.72. The zero-order valence-electron chi connectivity index (χ0n) is 21.6. The van der Waals surface area contributed by atoms with Crippen molar-refractivity contribution in [3.8, 4) is 0 Å². The number of rotatable bonds is 10. The predicted molar refractivity (Wildman–Crippen MR) is 150 cm³/mol. The summed E-state index contributed by atoms with van der Waals surface area (Å²) in [4.78, 5) is 26.9. The molecule has 1 N–H and O–H groups in total. The minimum Gasteiger partial charge on any atom is -0.355 e. The fourth-order valence-electron chi connectivity index (χ4n) is 5.50. The van der Waals surface area contributed by atoms with Gasteiger partial charge in [0.2, 0.25) is 5.91 Å². The molecule has 1 unspecified atom stereocenters. The van der Waals surface area contributed by atoms with Gasteiger partial charge in [0, 0.05) is 61.2 Å². The molecule has 3 aromatic carbocycles. The van der Waals surface area contributed by atoms with Crippen molar-refractivity contribution in [3.05, 3.63) is 112 Å². The molecule has 7 heteroatoms. The summed E-state index contributed by atoms with van der Waals surface area (Å²) in [5.74, 6) is -0.238. The van der Waals surface area contributed by atoms with Crippen molar-refractivity contribution in [3.63, 3.8) is 0 Å².